The van der Waals surface area contributed by atoms with Crippen molar-refractivity contribution in [3.8, 4) is 5.75 Å². The van der Waals surface area contributed by atoms with E-state index < -0.39 is 0 Å². The van der Waals surface area contributed by atoms with Gasteiger partial charge in [-0.2, -0.15) is 0 Å². The SMILES string of the molecule is CC[C@H](C)Oc1ccc(C(=O)Nc2cccc(Cl)c2N2CCN(C(C)=O)CC2)cc1. The number of benzene rings is 2. The Balaban J connectivity index is 1.73. The van der Waals surface area contributed by atoms with E-state index in [0.29, 0.717) is 42.5 Å². The molecule has 0 aliphatic carbocycles. The van der Waals surface area contributed by atoms with Crippen molar-refractivity contribution in [1.29, 1.82) is 0 Å². The standard InChI is InChI=1S/C23H28ClN3O3/c1-4-16(2)30-19-10-8-18(9-11-19)23(29)25-21-7-5-6-20(24)22(21)27-14-12-26(13-15-27)17(3)28/h5-11,16H,4,12-15H2,1-3H3,(H,25,29)/t16-/m0/s1. The van der Waals surface area contributed by atoms with Crippen molar-refractivity contribution in [1.82, 2.24) is 4.90 Å². The van der Waals surface area contributed by atoms with Gasteiger partial charge in [-0.15, -0.1) is 0 Å². The minimum Gasteiger partial charge on any atom is -0.491 e. The van der Waals surface area contributed by atoms with Crippen molar-refractivity contribution in [3.63, 3.8) is 0 Å². The zero-order valence-corrected chi connectivity index (χ0v) is 18.4. The van der Waals surface area contributed by atoms with E-state index in [1.165, 1.54) is 0 Å². The van der Waals surface area contributed by atoms with Crippen LogP contribution in [0.2, 0.25) is 5.02 Å². The molecule has 3 rings (SSSR count). The van der Waals surface area contributed by atoms with Gasteiger partial charge in [-0.3, -0.25) is 9.59 Å². The summed E-state index contributed by atoms with van der Waals surface area (Å²) in [4.78, 5) is 28.3. The Morgan fingerprint density at radius 3 is 2.37 bits per heavy atom. The monoisotopic (exact) mass is 429 g/mol. The van der Waals surface area contributed by atoms with Crippen LogP contribution >= 0.6 is 11.6 Å². The van der Waals surface area contributed by atoms with Crippen LogP contribution in [0.25, 0.3) is 0 Å². The fourth-order valence-corrected chi connectivity index (χ4v) is 3.67. The predicted molar refractivity (Wildman–Crippen MR) is 121 cm³/mol. The fourth-order valence-electron chi connectivity index (χ4n) is 3.38. The molecule has 0 saturated carbocycles. The van der Waals surface area contributed by atoms with E-state index >= 15 is 0 Å². The molecule has 1 fully saturated rings. The lowest BCUT2D eigenvalue weighted by molar-refractivity contribution is -0.129. The fraction of sp³-hybridized carbons (Fsp3) is 0.391. The van der Waals surface area contributed by atoms with Crippen molar-refractivity contribution >= 4 is 34.8 Å². The Hall–Kier alpha value is -2.73. The maximum absolute atomic E-state index is 12.8. The molecule has 30 heavy (non-hydrogen) atoms. The maximum Gasteiger partial charge on any atom is 0.255 e. The van der Waals surface area contributed by atoms with Crippen LogP contribution < -0.4 is 15.0 Å². The summed E-state index contributed by atoms with van der Waals surface area (Å²) in [6.45, 7) is 8.24. The third kappa shape index (κ3) is 5.25. The second-order valence-electron chi connectivity index (χ2n) is 7.44. The Morgan fingerprint density at radius 1 is 1.10 bits per heavy atom. The van der Waals surface area contributed by atoms with Crippen LogP contribution in [0.15, 0.2) is 42.5 Å². The number of piperazine rings is 1. The summed E-state index contributed by atoms with van der Waals surface area (Å²) in [5.74, 6) is 0.603. The Bertz CT molecular complexity index is 893. The molecule has 0 bridgehead atoms. The zero-order valence-electron chi connectivity index (χ0n) is 17.7. The molecule has 1 aliphatic heterocycles. The normalized spacial score (nSPS) is 14.9. The van der Waals surface area contributed by atoms with Crippen LogP contribution in [0.3, 0.4) is 0 Å². The number of ether oxygens (including phenoxy) is 1. The molecular formula is C23H28ClN3O3. The van der Waals surface area contributed by atoms with Crippen LogP contribution in [-0.2, 0) is 4.79 Å². The van der Waals surface area contributed by atoms with Gasteiger partial charge in [-0.25, -0.2) is 0 Å². The van der Waals surface area contributed by atoms with Crippen molar-refractivity contribution < 1.29 is 14.3 Å². The first-order valence-corrected chi connectivity index (χ1v) is 10.6. The first-order chi connectivity index (χ1) is 14.4. The van der Waals surface area contributed by atoms with Crippen LogP contribution in [-0.4, -0.2) is 49.0 Å². The number of carbonyl (C=O) groups is 2. The number of anilines is 2. The van der Waals surface area contributed by atoms with Crippen molar-refractivity contribution in [2.75, 3.05) is 36.4 Å². The zero-order chi connectivity index (χ0) is 21.7. The first kappa shape index (κ1) is 22.0. The minimum atomic E-state index is -0.212. The smallest absolute Gasteiger partial charge is 0.255 e. The van der Waals surface area contributed by atoms with Gasteiger partial charge in [0, 0.05) is 38.7 Å². The van der Waals surface area contributed by atoms with E-state index in [0.717, 1.165) is 17.9 Å². The number of rotatable bonds is 6. The minimum absolute atomic E-state index is 0.0723. The van der Waals surface area contributed by atoms with Gasteiger partial charge in [-0.05, 0) is 49.7 Å². The van der Waals surface area contributed by atoms with Crippen molar-refractivity contribution in [2.45, 2.75) is 33.3 Å². The van der Waals surface area contributed by atoms with Crippen LogP contribution in [0.5, 0.6) is 5.75 Å². The molecule has 1 heterocycles. The summed E-state index contributed by atoms with van der Waals surface area (Å²) in [6, 6.07) is 12.6. The first-order valence-electron chi connectivity index (χ1n) is 10.3. The highest BCUT2D eigenvalue weighted by molar-refractivity contribution is 6.34. The van der Waals surface area contributed by atoms with Crippen LogP contribution in [0.4, 0.5) is 11.4 Å². The Morgan fingerprint density at radius 2 is 1.77 bits per heavy atom. The van der Waals surface area contributed by atoms with E-state index in [2.05, 4.69) is 17.1 Å². The topological polar surface area (TPSA) is 61.9 Å². The van der Waals surface area contributed by atoms with Crippen LogP contribution in [0, 0.1) is 0 Å². The number of carbonyl (C=O) groups excluding carboxylic acids is 2. The van der Waals surface area contributed by atoms with Gasteiger partial charge in [0.2, 0.25) is 5.91 Å². The van der Waals surface area contributed by atoms with E-state index in [1.54, 1.807) is 31.2 Å². The molecule has 1 atom stereocenters. The second-order valence-corrected chi connectivity index (χ2v) is 7.85. The van der Waals surface area contributed by atoms with Gasteiger partial charge in [0.1, 0.15) is 5.75 Å². The van der Waals surface area contributed by atoms with Crippen LogP contribution in [0.1, 0.15) is 37.6 Å². The molecule has 160 valence electrons. The molecule has 6 nitrogen and oxygen atoms in total. The van der Waals surface area contributed by atoms with Gasteiger partial charge in [0.15, 0.2) is 0 Å². The molecule has 7 heteroatoms. The summed E-state index contributed by atoms with van der Waals surface area (Å²) in [7, 11) is 0. The summed E-state index contributed by atoms with van der Waals surface area (Å²) in [6.07, 6.45) is 1.04. The predicted octanol–water partition coefficient (Wildman–Crippen LogP) is 4.44. The number of nitrogens with zero attached hydrogens (tertiary/aromatic N) is 2. The highest BCUT2D eigenvalue weighted by Crippen LogP contribution is 2.35. The average Bonchev–Trinajstić information content (AvgIpc) is 2.74. The van der Waals surface area contributed by atoms with E-state index in [1.807, 2.05) is 30.0 Å². The second kappa shape index (κ2) is 9.85. The molecule has 0 aromatic heterocycles. The van der Waals surface area contributed by atoms with Crippen molar-refractivity contribution in [2.24, 2.45) is 0 Å². The maximum atomic E-state index is 12.8. The lowest BCUT2D eigenvalue weighted by Crippen LogP contribution is -2.48. The largest absolute Gasteiger partial charge is 0.491 e. The third-order valence-corrected chi connectivity index (χ3v) is 5.61. The lowest BCUT2D eigenvalue weighted by Gasteiger charge is -2.37. The molecule has 0 unspecified atom stereocenters. The number of nitrogens with one attached hydrogen (secondary N) is 1. The molecule has 2 aromatic rings. The average molecular weight is 430 g/mol. The van der Waals surface area contributed by atoms with Gasteiger partial charge in [0.05, 0.1) is 22.5 Å². The van der Waals surface area contributed by atoms with E-state index in [-0.39, 0.29) is 17.9 Å². The highest BCUT2D eigenvalue weighted by atomic mass is 35.5. The molecule has 1 aliphatic rings. The molecule has 1 saturated heterocycles. The quantitative estimate of drug-likeness (QED) is 0.737. The Kier molecular flexibility index (Phi) is 7.21. The van der Waals surface area contributed by atoms with Gasteiger partial charge < -0.3 is 19.9 Å². The van der Waals surface area contributed by atoms with E-state index in [9.17, 15) is 9.59 Å². The molecule has 0 radical (unpaired) electrons. The van der Waals surface area contributed by atoms with Crippen molar-refractivity contribution in [3.05, 3.63) is 53.1 Å². The van der Waals surface area contributed by atoms with E-state index in [4.69, 9.17) is 16.3 Å². The molecule has 2 amide bonds. The summed E-state index contributed by atoms with van der Waals surface area (Å²) in [5.41, 5.74) is 1.98. The molecule has 2 aromatic carbocycles. The molecule has 1 N–H and O–H groups in total. The summed E-state index contributed by atoms with van der Waals surface area (Å²) >= 11 is 6.48. The number of hydrogen-bond donors (Lipinski definition) is 1. The Labute approximate surface area is 182 Å². The van der Waals surface area contributed by atoms with Gasteiger partial charge in [-0.1, -0.05) is 24.6 Å². The molecular weight excluding hydrogens is 402 g/mol. The summed E-state index contributed by atoms with van der Waals surface area (Å²) in [5, 5.41) is 3.55. The lowest BCUT2D eigenvalue weighted by atomic mass is 10.1. The highest BCUT2D eigenvalue weighted by Gasteiger charge is 2.23. The number of hydrogen-bond acceptors (Lipinski definition) is 4. The molecule has 0 spiro atoms. The van der Waals surface area contributed by atoms with Gasteiger partial charge in [0.25, 0.3) is 5.91 Å². The van der Waals surface area contributed by atoms with Gasteiger partial charge >= 0.3 is 0 Å². The third-order valence-electron chi connectivity index (χ3n) is 5.30. The number of amides is 2. The summed E-state index contributed by atoms with van der Waals surface area (Å²) < 4.78 is 5.77. The number of para-hydroxylation sites is 1. The number of halogens is 1.